The van der Waals surface area contributed by atoms with E-state index in [1.165, 1.54) is 31.5 Å². The standard InChI is InChI=1S/C12H12.C6H13N/c1-3-8-11(4-2)12-9-6-5-7-10-12;1-6-3-2-4-7-5-6/h3-10H,1-2H2;6-7H,2-5H2,1H3/b11-8+;/t;6-/m.1/s1. The fourth-order valence-corrected chi connectivity index (χ4v) is 2.07. The molecule has 1 aromatic carbocycles. The summed E-state index contributed by atoms with van der Waals surface area (Å²) >= 11 is 0. The quantitative estimate of drug-likeness (QED) is 0.787. The van der Waals surface area contributed by atoms with Gasteiger partial charge in [-0.2, -0.15) is 0 Å². The molecule has 1 heteroatoms. The SMILES string of the molecule is C=C/C=C(\C=C)c1ccccc1.C[C@@H]1CCCNC1. The molecule has 102 valence electrons. The Bertz CT molecular complexity index is 397. The van der Waals surface area contributed by atoms with Gasteiger partial charge in [0, 0.05) is 0 Å². The van der Waals surface area contributed by atoms with Crippen molar-refractivity contribution < 1.29 is 0 Å². The molecular weight excluding hydrogens is 230 g/mol. The Hall–Kier alpha value is -1.60. The summed E-state index contributed by atoms with van der Waals surface area (Å²) < 4.78 is 0. The summed E-state index contributed by atoms with van der Waals surface area (Å²) in [6.07, 6.45) is 8.34. The van der Waals surface area contributed by atoms with E-state index >= 15 is 0 Å². The van der Waals surface area contributed by atoms with Crippen molar-refractivity contribution in [3.8, 4) is 0 Å². The molecule has 1 nitrogen and oxygen atoms in total. The molecule has 1 heterocycles. The normalized spacial score (nSPS) is 19.0. The summed E-state index contributed by atoms with van der Waals surface area (Å²) in [4.78, 5) is 0. The zero-order valence-corrected chi connectivity index (χ0v) is 11.9. The topological polar surface area (TPSA) is 12.0 Å². The van der Waals surface area contributed by atoms with Gasteiger partial charge in [0.15, 0.2) is 0 Å². The minimum absolute atomic E-state index is 0.925. The summed E-state index contributed by atoms with van der Waals surface area (Å²) in [6.45, 7) is 12.2. The van der Waals surface area contributed by atoms with Crippen LogP contribution in [0, 0.1) is 5.92 Å². The van der Waals surface area contributed by atoms with Crippen LogP contribution < -0.4 is 5.32 Å². The van der Waals surface area contributed by atoms with E-state index < -0.39 is 0 Å². The number of hydrogen-bond donors (Lipinski definition) is 1. The Balaban J connectivity index is 0.000000218. The number of rotatable bonds is 3. The highest BCUT2D eigenvalue weighted by molar-refractivity contribution is 5.74. The van der Waals surface area contributed by atoms with Crippen molar-refractivity contribution >= 4 is 5.57 Å². The highest BCUT2D eigenvalue weighted by atomic mass is 14.9. The van der Waals surface area contributed by atoms with Gasteiger partial charge in [-0.1, -0.05) is 68.6 Å². The summed E-state index contributed by atoms with van der Waals surface area (Å²) in [7, 11) is 0. The molecular formula is C18H25N. The number of nitrogens with one attached hydrogen (secondary N) is 1. The lowest BCUT2D eigenvalue weighted by Crippen LogP contribution is -2.27. The summed E-state index contributed by atoms with van der Waals surface area (Å²) in [5, 5.41) is 3.33. The zero-order chi connectivity index (χ0) is 13.9. The van der Waals surface area contributed by atoms with E-state index in [2.05, 4.69) is 37.5 Å². The van der Waals surface area contributed by atoms with Crippen LogP contribution in [0.15, 0.2) is 61.7 Å². The first kappa shape index (κ1) is 15.5. The fourth-order valence-electron chi connectivity index (χ4n) is 2.07. The molecule has 0 aromatic heterocycles. The van der Waals surface area contributed by atoms with Gasteiger partial charge in [0.05, 0.1) is 0 Å². The zero-order valence-electron chi connectivity index (χ0n) is 11.9. The van der Waals surface area contributed by atoms with Crippen LogP contribution in [-0.4, -0.2) is 13.1 Å². The van der Waals surface area contributed by atoms with E-state index in [-0.39, 0.29) is 0 Å². The Labute approximate surface area is 117 Å². The average Bonchev–Trinajstić information content (AvgIpc) is 2.47. The van der Waals surface area contributed by atoms with E-state index in [1.54, 1.807) is 6.08 Å². The maximum absolute atomic E-state index is 3.74. The van der Waals surface area contributed by atoms with Gasteiger partial charge in [-0.05, 0) is 43.0 Å². The lowest BCUT2D eigenvalue weighted by Gasteiger charge is -2.17. The van der Waals surface area contributed by atoms with Gasteiger partial charge < -0.3 is 5.32 Å². The van der Waals surface area contributed by atoms with Crippen molar-refractivity contribution in [3.05, 3.63) is 67.3 Å². The molecule has 1 atom stereocenters. The molecule has 1 aliphatic rings. The highest BCUT2D eigenvalue weighted by Gasteiger charge is 2.04. The predicted octanol–water partition coefficient (Wildman–Crippen LogP) is 4.45. The van der Waals surface area contributed by atoms with Crippen LogP contribution >= 0.6 is 0 Å². The van der Waals surface area contributed by atoms with Crippen molar-refractivity contribution in [1.82, 2.24) is 5.32 Å². The number of hydrogen-bond acceptors (Lipinski definition) is 1. The van der Waals surface area contributed by atoms with Gasteiger partial charge >= 0.3 is 0 Å². The van der Waals surface area contributed by atoms with Gasteiger partial charge in [-0.15, -0.1) is 0 Å². The van der Waals surface area contributed by atoms with E-state index in [1.807, 2.05) is 30.4 Å². The molecule has 1 fully saturated rings. The van der Waals surface area contributed by atoms with Gasteiger partial charge in [-0.25, -0.2) is 0 Å². The van der Waals surface area contributed by atoms with Crippen molar-refractivity contribution in [3.63, 3.8) is 0 Å². The molecule has 0 bridgehead atoms. The second-order valence-electron chi connectivity index (χ2n) is 4.88. The number of allylic oxidation sites excluding steroid dienone is 4. The molecule has 0 radical (unpaired) electrons. The third kappa shape index (κ3) is 6.21. The van der Waals surface area contributed by atoms with E-state index in [0.717, 1.165) is 11.5 Å². The van der Waals surface area contributed by atoms with E-state index in [9.17, 15) is 0 Å². The lowest BCUT2D eigenvalue weighted by molar-refractivity contribution is 0.405. The summed E-state index contributed by atoms with van der Waals surface area (Å²) in [6, 6.07) is 10.1. The second-order valence-corrected chi connectivity index (χ2v) is 4.88. The Kier molecular flexibility index (Phi) is 7.60. The van der Waals surface area contributed by atoms with Crippen LogP contribution in [0.4, 0.5) is 0 Å². The smallest absolute Gasteiger partial charge is 0.00231 e. The lowest BCUT2D eigenvalue weighted by atomic mass is 10.0. The predicted molar refractivity (Wildman–Crippen MR) is 86.1 cm³/mol. The van der Waals surface area contributed by atoms with Gasteiger partial charge in [-0.3, -0.25) is 0 Å². The molecule has 0 spiro atoms. The van der Waals surface area contributed by atoms with Crippen LogP contribution in [0.2, 0.25) is 0 Å². The van der Waals surface area contributed by atoms with Crippen LogP contribution in [0.3, 0.4) is 0 Å². The molecule has 1 aliphatic heterocycles. The monoisotopic (exact) mass is 255 g/mol. The largest absolute Gasteiger partial charge is 0.316 e. The number of benzene rings is 1. The molecule has 0 unspecified atom stereocenters. The third-order valence-electron chi connectivity index (χ3n) is 3.17. The van der Waals surface area contributed by atoms with Crippen molar-refractivity contribution in [2.24, 2.45) is 5.92 Å². The van der Waals surface area contributed by atoms with E-state index in [0.29, 0.717) is 0 Å². The maximum atomic E-state index is 3.74. The minimum atomic E-state index is 0.925. The molecule has 0 amide bonds. The molecule has 1 N–H and O–H groups in total. The Morgan fingerprint density at radius 2 is 2.00 bits per heavy atom. The fraction of sp³-hybridized carbons (Fsp3) is 0.333. The van der Waals surface area contributed by atoms with Crippen LogP contribution in [0.1, 0.15) is 25.3 Å². The highest BCUT2D eigenvalue weighted by Crippen LogP contribution is 2.14. The average molecular weight is 255 g/mol. The maximum Gasteiger partial charge on any atom is -0.00231 e. The molecule has 0 saturated carbocycles. The van der Waals surface area contributed by atoms with Gasteiger partial charge in [0.25, 0.3) is 0 Å². The van der Waals surface area contributed by atoms with Crippen molar-refractivity contribution in [1.29, 1.82) is 0 Å². The Morgan fingerprint density at radius 1 is 1.26 bits per heavy atom. The Morgan fingerprint density at radius 3 is 2.42 bits per heavy atom. The van der Waals surface area contributed by atoms with Crippen LogP contribution in [0.5, 0.6) is 0 Å². The first-order valence-corrected chi connectivity index (χ1v) is 6.99. The summed E-state index contributed by atoms with van der Waals surface area (Å²) in [5.74, 6) is 0.925. The van der Waals surface area contributed by atoms with Crippen LogP contribution in [0.25, 0.3) is 5.57 Å². The molecule has 1 saturated heterocycles. The molecule has 2 rings (SSSR count). The van der Waals surface area contributed by atoms with Crippen LogP contribution in [-0.2, 0) is 0 Å². The van der Waals surface area contributed by atoms with Gasteiger partial charge in [0.2, 0.25) is 0 Å². The molecule has 19 heavy (non-hydrogen) atoms. The molecule has 1 aromatic rings. The first-order chi connectivity index (χ1) is 9.27. The number of piperidine rings is 1. The second kappa shape index (κ2) is 9.35. The van der Waals surface area contributed by atoms with Gasteiger partial charge in [0.1, 0.15) is 0 Å². The van der Waals surface area contributed by atoms with Crippen molar-refractivity contribution in [2.75, 3.05) is 13.1 Å². The van der Waals surface area contributed by atoms with E-state index in [4.69, 9.17) is 0 Å². The first-order valence-electron chi connectivity index (χ1n) is 6.99. The third-order valence-corrected chi connectivity index (χ3v) is 3.17. The molecule has 0 aliphatic carbocycles. The summed E-state index contributed by atoms with van der Waals surface area (Å²) in [5.41, 5.74) is 2.28. The van der Waals surface area contributed by atoms with Crippen molar-refractivity contribution in [2.45, 2.75) is 19.8 Å². The minimum Gasteiger partial charge on any atom is -0.316 e.